The Labute approximate surface area is 140 Å². The molecule has 1 saturated heterocycles. The van der Waals surface area contributed by atoms with E-state index in [2.05, 4.69) is 10.1 Å². The van der Waals surface area contributed by atoms with E-state index in [1.807, 2.05) is 0 Å². The van der Waals surface area contributed by atoms with Crippen molar-refractivity contribution in [1.82, 2.24) is 10.6 Å². The molecule has 136 valence electrons. The van der Waals surface area contributed by atoms with Gasteiger partial charge in [0.05, 0.1) is 24.6 Å². The Bertz CT molecular complexity index is 704. The highest BCUT2D eigenvalue weighted by Crippen LogP contribution is 2.42. The van der Waals surface area contributed by atoms with Crippen LogP contribution in [0.1, 0.15) is 28.9 Å². The van der Waals surface area contributed by atoms with Crippen LogP contribution in [0.25, 0.3) is 0 Å². The third-order valence-electron chi connectivity index (χ3n) is 3.94. The summed E-state index contributed by atoms with van der Waals surface area (Å²) in [6, 6.07) is 2.38. The van der Waals surface area contributed by atoms with E-state index in [-0.39, 0.29) is 11.1 Å². The van der Waals surface area contributed by atoms with E-state index in [1.165, 1.54) is 36.7 Å². The van der Waals surface area contributed by atoms with Crippen LogP contribution in [-0.4, -0.2) is 41.9 Å². The Hall–Kier alpha value is -2.62. The maximum Gasteiger partial charge on any atom is 0.437 e. The van der Waals surface area contributed by atoms with Gasteiger partial charge in [0.15, 0.2) is 0 Å². The summed E-state index contributed by atoms with van der Waals surface area (Å²) in [5.74, 6) is -3.65. The van der Waals surface area contributed by atoms with Crippen molar-refractivity contribution in [1.29, 1.82) is 0 Å². The third-order valence-corrected chi connectivity index (χ3v) is 3.94. The van der Waals surface area contributed by atoms with Crippen LogP contribution in [0.3, 0.4) is 0 Å². The van der Waals surface area contributed by atoms with Gasteiger partial charge in [-0.25, -0.2) is 9.59 Å². The summed E-state index contributed by atoms with van der Waals surface area (Å²) >= 11 is 0. The second kappa shape index (κ2) is 6.36. The van der Waals surface area contributed by atoms with Gasteiger partial charge in [-0.3, -0.25) is 4.79 Å². The molecule has 1 aliphatic rings. The van der Waals surface area contributed by atoms with Gasteiger partial charge in [0.1, 0.15) is 5.78 Å². The van der Waals surface area contributed by atoms with Crippen LogP contribution in [0.5, 0.6) is 0 Å². The summed E-state index contributed by atoms with van der Waals surface area (Å²) in [6.45, 7) is 0.885. The van der Waals surface area contributed by atoms with Crippen molar-refractivity contribution < 1.29 is 37.4 Å². The number of alkyl halides is 3. The highest BCUT2D eigenvalue weighted by molar-refractivity contribution is 5.89. The molecule has 0 radical (unpaired) electrons. The Balaban J connectivity index is 2.48. The first-order valence-corrected chi connectivity index (χ1v) is 7.07. The van der Waals surface area contributed by atoms with E-state index >= 15 is 0 Å². The SMILES string of the molecule is COC(=O)c1ccc(C2NC(=O)NC(O)(C(F)(F)F)C2C(C)=O)cc1. The van der Waals surface area contributed by atoms with E-state index in [0.717, 1.165) is 6.92 Å². The maximum atomic E-state index is 13.3. The lowest BCUT2D eigenvalue weighted by molar-refractivity contribution is -0.290. The Kier molecular flexibility index (Phi) is 4.76. The molecule has 2 amide bonds. The molecular formula is C15H15F3N2O5. The molecule has 0 saturated carbocycles. The lowest BCUT2D eigenvalue weighted by atomic mass is 9.79. The Morgan fingerprint density at radius 1 is 1.24 bits per heavy atom. The minimum atomic E-state index is -5.27. The number of rotatable bonds is 3. The van der Waals surface area contributed by atoms with Gasteiger partial charge >= 0.3 is 18.2 Å². The van der Waals surface area contributed by atoms with Gasteiger partial charge < -0.3 is 20.5 Å². The molecule has 1 aliphatic heterocycles. The van der Waals surface area contributed by atoms with Gasteiger partial charge in [-0.05, 0) is 24.6 Å². The fraction of sp³-hybridized carbons (Fsp3) is 0.400. The van der Waals surface area contributed by atoms with E-state index < -0.39 is 41.6 Å². The number of esters is 1. The molecule has 3 atom stereocenters. The first kappa shape index (κ1) is 18.7. The number of hydrogen-bond acceptors (Lipinski definition) is 5. The van der Waals surface area contributed by atoms with Gasteiger partial charge in [0.25, 0.3) is 0 Å². The number of methoxy groups -OCH3 is 1. The number of ketones is 1. The van der Waals surface area contributed by atoms with Crippen LogP contribution in [0, 0.1) is 5.92 Å². The molecule has 1 aromatic rings. The number of halogens is 3. The standard InChI is InChI=1S/C15H15F3N2O5/c1-7(21)10-11(8-3-5-9(6-4-8)12(22)25-2)19-13(23)20-14(10,24)15(16,17)18/h3-6,10-11,24H,1-2H3,(H2,19,20,23). The van der Waals surface area contributed by atoms with Crippen LogP contribution in [0.2, 0.25) is 0 Å². The van der Waals surface area contributed by atoms with Crippen LogP contribution >= 0.6 is 0 Å². The second-order valence-electron chi connectivity index (χ2n) is 5.54. The smallest absolute Gasteiger partial charge is 0.437 e. The zero-order chi connectivity index (χ0) is 19.0. The number of amides is 2. The molecule has 7 nitrogen and oxygen atoms in total. The molecule has 1 heterocycles. The van der Waals surface area contributed by atoms with Gasteiger partial charge in [-0.1, -0.05) is 12.1 Å². The van der Waals surface area contributed by atoms with Crippen molar-refractivity contribution >= 4 is 17.8 Å². The average Bonchev–Trinajstić information content (AvgIpc) is 2.52. The predicted octanol–water partition coefficient (Wildman–Crippen LogP) is 1.28. The normalized spacial score (nSPS) is 26.4. The number of urea groups is 1. The summed E-state index contributed by atoms with van der Waals surface area (Å²) < 4.78 is 44.4. The summed E-state index contributed by atoms with van der Waals surface area (Å²) in [5, 5.41) is 13.6. The quantitative estimate of drug-likeness (QED) is 0.705. The largest absolute Gasteiger partial charge is 0.465 e. The fourth-order valence-electron chi connectivity index (χ4n) is 2.75. The number of carbonyl (C=O) groups excluding carboxylic acids is 3. The van der Waals surface area contributed by atoms with E-state index in [4.69, 9.17) is 0 Å². The predicted molar refractivity (Wildman–Crippen MR) is 77.4 cm³/mol. The molecule has 25 heavy (non-hydrogen) atoms. The van der Waals surface area contributed by atoms with Gasteiger partial charge in [-0.2, -0.15) is 13.2 Å². The van der Waals surface area contributed by atoms with Crippen LogP contribution in [0.15, 0.2) is 24.3 Å². The minimum Gasteiger partial charge on any atom is -0.465 e. The zero-order valence-corrected chi connectivity index (χ0v) is 13.2. The van der Waals surface area contributed by atoms with Gasteiger partial charge in [0.2, 0.25) is 5.72 Å². The third kappa shape index (κ3) is 3.29. The van der Waals surface area contributed by atoms with Crippen molar-refractivity contribution in [3.05, 3.63) is 35.4 Å². The molecular weight excluding hydrogens is 345 g/mol. The van der Waals surface area contributed by atoms with Crippen molar-refractivity contribution in [2.45, 2.75) is 24.9 Å². The van der Waals surface area contributed by atoms with Crippen LogP contribution in [0.4, 0.5) is 18.0 Å². The average molecular weight is 360 g/mol. The molecule has 3 N–H and O–H groups in total. The minimum absolute atomic E-state index is 0.116. The number of Topliss-reactive ketones (excluding diaryl/α,β-unsaturated/α-hetero) is 1. The second-order valence-corrected chi connectivity index (χ2v) is 5.54. The molecule has 3 unspecified atom stereocenters. The molecule has 1 fully saturated rings. The Morgan fingerprint density at radius 2 is 1.80 bits per heavy atom. The van der Waals surface area contributed by atoms with Crippen LogP contribution in [-0.2, 0) is 9.53 Å². The zero-order valence-electron chi connectivity index (χ0n) is 13.2. The van der Waals surface area contributed by atoms with Gasteiger partial charge in [0, 0.05) is 0 Å². The number of carbonyl (C=O) groups is 3. The number of benzene rings is 1. The van der Waals surface area contributed by atoms with E-state index in [0.29, 0.717) is 0 Å². The lowest BCUT2D eigenvalue weighted by Gasteiger charge is -2.44. The first-order valence-electron chi connectivity index (χ1n) is 7.07. The molecule has 0 aromatic heterocycles. The summed E-state index contributed by atoms with van der Waals surface area (Å²) in [5.41, 5.74) is -3.46. The highest BCUT2D eigenvalue weighted by Gasteiger charge is 2.65. The lowest BCUT2D eigenvalue weighted by Crippen LogP contribution is -2.72. The van der Waals surface area contributed by atoms with E-state index in [9.17, 15) is 32.7 Å². The summed E-state index contributed by atoms with van der Waals surface area (Å²) in [7, 11) is 1.17. The summed E-state index contributed by atoms with van der Waals surface area (Å²) in [4.78, 5) is 34.9. The van der Waals surface area contributed by atoms with Crippen molar-refractivity contribution in [2.75, 3.05) is 7.11 Å². The molecule has 10 heteroatoms. The summed E-state index contributed by atoms with van der Waals surface area (Å²) in [6.07, 6.45) is -5.27. The molecule has 0 aliphatic carbocycles. The van der Waals surface area contributed by atoms with Crippen LogP contribution < -0.4 is 10.6 Å². The van der Waals surface area contributed by atoms with E-state index in [1.54, 1.807) is 0 Å². The van der Waals surface area contributed by atoms with Gasteiger partial charge in [-0.15, -0.1) is 0 Å². The molecule has 2 rings (SSSR count). The number of nitrogens with one attached hydrogen (secondary N) is 2. The first-order chi connectivity index (χ1) is 11.5. The molecule has 0 bridgehead atoms. The molecule has 1 aromatic carbocycles. The maximum absolute atomic E-state index is 13.3. The van der Waals surface area contributed by atoms with Crippen molar-refractivity contribution in [2.24, 2.45) is 5.92 Å². The fourth-order valence-corrected chi connectivity index (χ4v) is 2.75. The monoisotopic (exact) mass is 360 g/mol. The number of hydrogen-bond donors (Lipinski definition) is 3. The van der Waals surface area contributed by atoms with Crippen molar-refractivity contribution in [3.63, 3.8) is 0 Å². The molecule has 0 spiro atoms. The Morgan fingerprint density at radius 3 is 2.24 bits per heavy atom. The highest BCUT2D eigenvalue weighted by atomic mass is 19.4. The number of aliphatic hydroxyl groups is 1. The van der Waals surface area contributed by atoms with Crippen molar-refractivity contribution in [3.8, 4) is 0 Å². The topological polar surface area (TPSA) is 105 Å². The number of ether oxygens (including phenoxy) is 1.